The van der Waals surface area contributed by atoms with Gasteiger partial charge in [-0.1, -0.05) is 37.6 Å². The SMILES string of the molecule is CCC(CO)NC(=O)CCCCCNC(=O)[C@@H](C)c1ccc2cc(OC)ccc2c1. The number of ether oxygens (including phenoxy) is 1. The fraction of sp³-hybridized carbons (Fsp3) is 0.500. The van der Waals surface area contributed by atoms with Crippen LogP contribution in [0.3, 0.4) is 0 Å². The topological polar surface area (TPSA) is 87.7 Å². The van der Waals surface area contributed by atoms with Crippen molar-refractivity contribution < 1.29 is 19.4 Å². The number of aliphatic hydroxyl groups is 1. The molecule has 0 aromatic heterocycles. The van der Waals surface area contributed by atoms with Crippen LogP contribution >= 0.6 is 0 Å². The molecule has 164 valence electrons. The van der Waals surface area contributed by atoms with Crippen LogP contribution < -0.4 is 15.4 Å². The first-order valence-corrected chi connectivity index (χ1v) is 10.7. The van der Waals surface area contributed by atoms with Gasteiger partial charge < -0.3 is 20.5 Å². The monoisotopic (exact) mass is 414 g/mol. The maximum absolute atomic E-state index is 12.5. The van der Waals surface area contributed by atoms with Crippen LogP contribution in [0.1, 0.15) is 57.4 Å². The van der Waals surface area contributed by atoms with Crippen LogP contribution in [0, 0.1) is 0 Å². The molecule has 2 amide bonds. The van der Waals surface area contributed by atoms with Crippen molar-refractivity contribution in [1.82, 2.24) is 10.6 Å². The number of unbranched alkanes of at least 4 members (excludes halogenated alkanes) is 2. The molecule has 0 radical (unpaired) electrons. The van der Waals surface area contributed by atoms with Gasteiger partial charge in [0, 0.05) is 13.0 Å². The van der Waals surface area contributed by atoms with E-state index < -0.39 is 0 Å². The summed E-state index contributed by atoms with van der Waals surface area (Å²) < 4.78 is 5.25. The number of rotatable bonds is 12. The molecule has 1 unspecified atom stereocenters. The number of benzene rings is 2. The molecule has 0 spiro atoms. The lowest BCUT2D eigenvalue weighted by molar-refractivity contribution is -0.123. The van der Waals surface area contributed by atoms with Gasteiger partial charge in [0.15, 0.2) is 0 Å². The lowest BCUT2D eigenvalue weighted by atomic mass is 9.97. The van der Waals surface area contributed by atoms with Crippen molar-refractivity contribution in [3.8, 4) is 5.75 Å². The number of nitrogens with one attached hydrogen (secondary N) is 2. The highest BCUT2D eigenvalue weighted by molar-refractivity contribution is 5.88. The number of carbonyl (C=O) groups excluding carboxylic acids is 2. The van der Waals surface area contributed by atoms with Gasteiger partial charge in [-0.25, -0.2) is 0 Å². The van der Waals surface area contributed by atoms with Gasteiger partial charge in [-0.2, -0.15) is 0 Å². The molecule has 2 aromatic rings. The van der Waals surface area contributed by atoms with Crippen LogP contribution in [0.2, 0.25) is 0 Å². The summed E-state index contributed by atoms with van der Waals surface area (Å²) in [5, 5.41) is 17.1. The highest BCUT2D eigenvalue weighted by atomic mass is 16.5. The third-order valence-electron chi connectivity index (χ3n) is 5.42. The molecule has 2 atom stereocenters. The van der Waals surface area contributed by atoms with E-state index in [4.69, 9.17) is 9.84 Å². The molecule has 0 aliphatic rings. The second-order valence-corrected chi connectivity index (χ2v) is 7.65. The molecule has 6 heteroatoms. The largest absolute Gasteiger partial charge is 0.497 e. The maximum atomic E-state index is 12.5. The van der Waals surface area contributed by atoms with E-state index >= 15 is 0 Å². The molecule has 0 heterocycles. The Morgan fingerprint density at radius 1 is 1.07 bits per heavy atom. The molecule has 6 nitrogen and oxygen atoms in total. The highest BCUT2D eigenvalue weighted by Gasteiger charge is 2.15. The van der Waals surface area contributed by atoms with E-state index in [1.54, 1.807) is 7.11 Å². The van der Waals surface area contributed by atoms with Crippen molar-refractivity contribution >= 4 is 22.6 Å². The van der Waals surface area contributed by atoms with Gasteiger partial charge in [-0.3, -0.25) is 9.59 Å². The Kier molecular flexibility index (Phi) is 9.61. The molecule has 3 N–H and O–H groups in total. The Labute approximate surface area is 179 Å². The summed E-state index contributed by atoms with van der Waals surface area (Å²) in [4.78, 5) is 24.3. The highest BCUT2D eigenvalue weighted by Crippen LogP contribution is 2.25. The van der Waals surface area contributed by atoms with Crippen LogP contribution in [0.5, 0.6) is 5.75 Å². The normalized spacial score (nSPS) is 12.9. The smallest absolute Gasteiger partial charge is 0.227 e. The number of methoxy groups -OCH3 is 1. The van der Waals surface area contributed by atoms with Crippen LogP contribution in [0.25, 0.3) is 10.8 Å². The molecule has 2 aromatic carbocycles. The summed E-state index contributed by atoms with van der Waals surface area (Å²) >= 11 is 0. The van der Waals surface area contributed by atoms with E-state index in [1.807, 2.05) is 50.2 Å². The van der Waals surface area contributed by atoms with E-state index in [9.17, 15) is 9.59 Å². The maximum Gasteiger partial charge on any atom is 0.227 e. The summed E-state index contributed by atoms with van der Waals surface area (Å²) in [5.74, 6) is 0.570. The Morgan fingerprint density at radius 3 is 2.50 bits per heavy atom. The van der Waals surface area contributed by atoms with Crippen molar-refractivity contribution in [2.75, 3.05) is 20.3 Å². The standard InChI is InChI=1S/C24H34N2O4/c1-4-21(16-27)26-23(28)8-6-5-7-13-25-24(29)17(2)18-9-10-20-15-22(30-3)12-11-19(20)14-18/h9-12,14-15,17,21,27H,4-8,13,16H2,1-3H3,(H,25,29)(H,26,28)/t17-,21?/m0/s1. The zero-order valence-corrected chi connectivity index (χ0v) is 18.2. The zero-order chi connectivity index (χ0) is 21.9. The minimum absolute atomic E-state index is 0.00865. The quantitative estimate of drug-likeness (QED) is 0.464. The Hall–Kier alpha value is -2.60. The third kappa shape index (κ3) is 7.02. The molecule has 0 bridgehead atoms. The summed E-state index contributed by atoms with van der Waals surface area (Å²) in [6, 6.07) is 11.8. The van der Waals surface area contributed by atoms with Crippen molar-refractivity contribution in [2.45, 2.75) is 57.9 Å². The molecule has 0 aliphatic heterocycles. The number of fused-ring (bicyclic) bond motifs is 1. The fourth-order valence-corrected chi connectivity index (χ4v) is 3.32. The summed E-state index contributed by atoms with van der Waals surface area (Å²) in [6.45, 7) is 4.41. The minimum Gasteiger partial charge on any atom is -0.497 e. The molecular weight excluding hydrogens is 380 g/mol. The molecule has 0 aliphatic carbocycles. The van der Waals surface area contributed by atoms with Crippen molar-refractivity contribution in [3.63, 3.8) is 0 Å². The predicted molar refractivity (Wildman–Crippen MR) is 120 cm³/mol. The molecule has 0 saturated heterocycles. The fourth-order valence-electron chi connectivity index (χ4n) is 3.32. The first kappa shape index (κ1) is 23.7. The second kappa shape index (κ2) is 12.2. The van der Waals surface area contributed by atoms with E-state index in [-0.39, 0.29) is 30.4 Å². The predicted octanol–water partition coefficient (Wildman–Crippen LogP) is 3.52. The minimum atomic E-state index is -0.230. The number of hydrogen-bond donors (Lipinski definition) is 3. The lowest BCUT2D eigenvalue weighted by Crippen LogP contribution is -2.36. The molecule has 0 fully saturated rings. The number of aliphatic hydroxyl groups excluding tert-OH is 1. The Balaban J connectivity index is 1.72. The van der Waals surface area contributed by atoms with E-state index in [0.717, 1.165) is 47.8 Å². The van der Waals surface area contributed by atoms with Gasteiger partial charge in [0.1, 0.15) is 5.75 Å². The molecule has 2 rings (SSSR count). The van der Waals surface area contributed by atoms with Crippen LogP contribution in [-0.2, 0) is 9.59 Å². The van der Waals surface area contributed by atoms with Gasteiger partial charge in [0.25, 0.3) is 0 Å². The molecule has 30 heavy (non-hydrogen) atoms. The summed E-state index contributed by atoms with van der Waals surface area (Å²) in [6.07, 6.45) is 3.64. The number of amides is 2. The first-order valence-electron chi connectivity index (χ1n) is 10.7. The van der Waals surface area contributed by atoms with Crippen LogP contribution in [-0.4, -0.2) is 43.2 Å². The van der Waals surface area contributed by atoms with Crippen molar-refractivity contribution in [2.24, 2.45) is 0 Å². The lowest BCUT2D eigenvalue weighted by Gasteiger charge is -2.14. The van der Waals surface area contributed by atoms with Gasteiger partial charge in [-0.15, -0.1) is 0 Å². The average molecular weight is 415 g/mol. The number of carbonyl (C=O) groups is 2. The average Bonchev–Trinajstić information content (AvgIpc) is 2.78. The van der Waals surface area contributed by atoms with Gasteiger partial charge >= 0.3 is 0 Å². The van der Waals surface area contributed by atoms with Crippen LogP contribution in [0.15, 0.2) is 36.4 Å². The first-order chi connectivity index (χ1) is 14.5. The van der Waals surface area contributed by atoms with Crippen molar-refractivity contribution in [3.05, 3.63) is 42.0 Å². The zero-order valence-electron chi connectivity index (χ0n) is 18.2. The Bertz CT molecular complexity index is 833. The molecule has 0 saturated carbocycles. The van der Waals surface area contributed by atoms with Gasteiger partial charge in [0.05, 0.1) is 25.7 Å². The summed E-state index contributed by atoms with van der Waals surface area (Å²) in [7, 11) is 1.65. The molecular formula is C24H34N2O4. The summed E-state index contributed by atoms with van der Waals surface area (Å²) in [5.41, 5.74) is 0.983. The third-order valence-corrected chi connectivity index (χ3v) is 5.42. The van der Waals surface area contributed by atoms with E-state index in [1.165, 1.54) is 0 Å². The second-order valence-electron chi connectivity index (χ2n) is 7.65. The van der Waals surface area contributed by atoms with E-state index in [0.29, 0.717) is 13.0 Å². The van der Waals surface area contributed by atoms with Crippen molar-refractivity contribution in [1.29, 1.82) is 0 Å². The van der Waals surface area contributed by atoms with Crippen LogP contribution in [0.4, 0.5) is 0 Å². The van der Waals surface area contributed by atoms with E-state index in [2.05, 4.69) is 10.6 Å². The van der Waals surface area contributed by atoms with Gasteiger partial charge in [0.2, 0.25) is 11.8 Å². The van der Waals surface area contributed by atoms with Gasteiger partial charge in [-0.05, 0) is 54.7 Å². The number of hydrogen-bond acceptors (Lipinski definition) is 4. The Morgan fingerprint density at radius 2 is 1.80 bits per heavy atom.